The minimum absolute atomic E-state index is 0.152. The monoisotopic (exact) mass is 318 g/mol. The van der Waals surface area contributed by atoms with Gasteiger partial charge in [-0.05, 0) is 19.3 Å². The highest BCUT2D eigenvalue weighted by molar-refractivity contribution is 8.16. The largest absolute Gasteiger partial charge is 0.333 e. The predicted molar refractivity (Wildman–Crippen MR) is 84.2 cm³/mol. The number of thioether (sulfide) groups is 1. The summed E-state index contributed by atoms with van der Waals surface area (Å²) in [5.74, 6) is 1.95. The Hall–Kier alpha value is -1.83. The molecule has 116 valence electrons. The van der Waals surface area contributed by atoms with Gasteiger partial charge in [-0.1, -0.05) is 11.8 Å². The Labute approximate surface area is 133 Å². The number of aryl methyl sites for hydroxylation is 1. The fraction of sp³-hybridized carbons (Fsp3) is 0.571. The Kier molecular flexibility index (Phi) is 3.21. The van der Waals surface area contributed by atoms with E-state index in [0.717, 1.165) is 35.6 Å². The van der Waals surface area contributed by atoms with Crippen molar-refractivity contribution in [3.63, 3.8) is 0 Å². The lowest BCUT2D eigenvalue weighted by atomic mass is 10.2. The van der Waals surface area contributed by atoms with Gasteiger partial charge in [-0.3, -0.25) is 9.79 Å². The summed E-state index contributed by atoms with van der Waals surface area (Å²) >= 11 is 1.62. The molecule has 1 aromatic rings. The van der Waals surface area contributed by atoms with Crippen molar-refractivity contribution in [3.05, 3.63) is 22.8 Å². The molecule has 3 aliphatic heterocycles. The summed E-state index contributed by atoms with van der Waals surface area (Å²) < 4.78 is 2.12. The quantitative estimate of drug-likeness (QED) is 0.818. The van der Waals surface area contributed by atoms with E-state index in [2.05, 4.69) is 37.0 Å². The molecule has 4 rings (SSSR count). The van der Waals surface area contributed by atoms with Crippen LogP contribution in [0, 0.1) is 6.92 Å². The van der Waals surface area contributed by atoms with Gasteiger partial charge in [-0.2, -0.15) is 0 Å². The lowest BCUT2D eigenvalue weighted by Gasteiger charge is -2.32. The molecule has 1 amide bonds. The maximum absolute atomic E-state index is 12.7. The number of rotatable bonds is 2. The van der Waals surface area contributed by atoms with E-state index in [-0.39, 0.29) is 11.9 Å². The number of carbonyl (C=O) groups excluding carboxylic acids is 1. The Morgan fingerprint density at radius 2 is 2.32 bits per heavy atom. The van der Waals surface area contributed by atoms with Gasteiger partial charge in [-0.25, -0.2) is 0 Å². The number of aromatic nitrogens is 3. The van der Waals surface area contributed by atoms with Crippen LogP contribution in [0.5, 0.6) is 0 Å². The first-order valence-corrected chi connectivity index (χ1v) is 8.37. The van der Waals surface area contributed by atoms with E-state index in [1.54, 1.807) is 11.8 Å². The Bertz CT molecular complexity index is 694. The molecule has 0 saturated heterocycles. The number of amidine groups is 1. The standard InChI is InChI=1S/C14H18N6OS/c1-9-6-18(7-12-17-16-10(2)20(9)12)13(21)5-11-8-22-14-15-3-4-19(11)14/h8-9H,3-7H2,1-2H3. The second kappa shape index (κ2) is 5.12. The average Bonchev–Trinajstić information content (AvgIpc) is 3.17. The third-order valence-electron chi connectivity index (χ3n) is 4.33. The van der Waals surface area contributed by atoms with Crippen molar-refractivity contribution in [2.45, 2.75) is 32.9 Å². The predicted octanol–water partition coefficient (Wildman–Crippen LogP) is 1.14. The summed E-state index contributed by atoms with van der Waals surface area (Å²) in [7, 11) is 0. The fourth-order valence-electron chi connectivity index (χ4n) is 3.30. The van der Waals surface area contributed by atoms with Gasteiger partial charge < -0.3 is 14.4 Å². The zero-order chi connectivity index (χ0) is 15.3. The van der Waals surface area contributed by atoms with Gasteiger partial charge in [0.2, 0.25) is 5.91 Å². The third-order valence-corrected chi connectivity index (χ3v) is 5.28. The van der Waals surface area contributed by atoms with Crippen LogP contribution in [0.25, 0.3) is 0 Å². The molecule has 0 saturated carbocycles. The molecule has 1 atom stereocenters. The van der Waals surface area contributed by atoms with Crippen LogP contribution in [0.15, 0.2) is 16.1 Å². The fourth-order valence-corrected chi connectivity index (χ4v) is 4.26. The number of fused-ring (bicyclic) bond motifs is 2. The molecule has 22 heavy (non-hydrogen) atoms. The van der Waals surface area contributed by atoms with Crippen LogP contribution in [0.1, 0.15) is 31.0 Å². The van der Waals surface area contributed by atoms with Crippen molar-refractivity contribution < 1.29 is 4.79 Å². The van der Waals surface area contributed by atoms with Crippen molar-refractivity contribution in [2.24, 2.45) is 4.99 Å². The van der Waals surface area contributed by atoms with Crippen LogP contribution >= 0.6 is 11.8 Å². The highest BCUT2D eigenvalue weighted by atomic mass is 32.2. The highest BCUT2D eigenvalue weighted by Crippen LogP contribution is 2.32. The zero-order valence-corrected chi connectivity index (χ0v) is 13.5. The molecular formula is C14H18N6OS. The van der Waals surface area contributed by atoms with Crippen LogP contribution in [-0.2, 0) is 11.3 Å². The van der Waals surface area contributed by atoms with E-state index >= 15 is 0 Å². The van der Waals surface area contributed by atoms with Gasteiger partial charge in [0.1, 0.15) is 5.82 Å². The second-order valence-corrected chi connectivity index (χ2v) is 6.71. The number of aliphatic imine (C=N–C) groups is 1. The van der Waals surface area contributed by atoms with Crippen molar-refractivity contribution in [2.75, 3.05) is 19.6 Å². The summed E-state index contributed by atoms with van der Waals surface area (Å²) in [6.07, 6.45) is 0.436. The van der Waals surface area contributed by atoms with Crippen molar-refractivity contribution >= 4 is 22.8 Å². The Morgan fingerprint density at radius 1 is 1.45 bits per heavy atom. The Balaban J connectivity index is 1.47. The minimum Gasteiger partial charge on any atom is -0.333 e. The number of hydrogen-bond donors (Lipinski definition) is 0. The van der Waals surface area contributed by atoms with Crippen LogP contribution in [-0.4, -0.2) is 55.3 Å². The van der Waals surface area contributed by atoms with E-state index in [0.29, 0.717) is 19.5 Å². The lowest BCUT2D eigenvalue weighted by Crippen LogP contribution is -2.41. The second-order valence-electron chi connectivity index (χ2n) is 5.88. The van der Waals surface area contributed by atoms with Crippen molar-refractivity contribution in [3.8, 4) is 0 Å². The zero-order valence-electron chi connectivity index (χ0n) is 12.7. The first kappa shape index (κ1) is 13.8. The van der Waals surface area contributed by atoms with Crippen LogP contribution < -0.4 is 0 Å². The molecule has 0 radical (unpaired) electrons. The van der Waals surface area contributed by atoms with Gasteiger partial charge in [0.25, 0.3) is 0 Å². The molecule has 3 aliphatic rings. The third kappa shape index (κ3) is 2.13. The topological polar surface area (TPSA) is 66.6 Å². The van der Waals surface area contributed by atoms with Gasteiger partial charge in [-0.15, -0.1) is 10.2 Å². The normalized spacial score (nSPS) is 23.3. The molecule has 0 N–H and O–H groups in total. The molecule has 0 aliphatic carbocycles. The summed E-state index contributed by atoms with van der Waals surface area (Å²) in [5.41, 5.74) is 1.07. The van der Waals surface area contributed by atoms with Crippen molar-refractivity contribution in [1.82, 2.24) is 24.6 Å². The maximum atomic E-state index is 12.7. The van der Waals surface area contributed by atoms with E-state index < -0.39 is 0 Å². The van der Waals surface area contributed by atoms with E-state index in [1.807, 2.05) is 11.8 Å². The first-order chi connectivity index (χ1) is 10.6. The molecule has 0 fully saturated rings. The van der Waals surface area contributed by atoms with E-state index in [9.17, 15) is 4.79 Å². The van der Waals surface area contributed by atoms with Gasteiger partial charge in [0, 0.05) is 18.8 Å². The number of amides is 1. The molecule has 1 unspecified atom stereocenters. The number of hydrogen-bond acceptors (Lipinski definition) is 6. The summed E-state index contributed by atoms with van der Waals surface area (Å²) in [5, 5.41) is 11.4. The lowest BCUT2D eigenvalue weighted by molar-refractivity contribution is -0.132. The molecule has 1 aromatic heterocycles. The van der Waals surface area contributed by atoms with E-state index in [1.165, 1.54) is 0 Å². The molecule has 8 heteroatoms. The van der Waals surface area contributed by atoms with Crippen molar-refractivity contribution in [1.29, 1.82) is 0 Å². The first-order valence-electron chi connectivity index (χ1n) is 7.49. The molecule has 0 spiro atoms. The summed E-state index contributed by atoms with van der Waals surface area (Å²) in [6.45, 7) is 7.05. The molecule has 0 aromatic carbocycles. The van der Waals surface area contributed by atoms with Crippen LogP contribution in [0.2, 0.25) is 0 Å². The Morgan fingerprint density at radius 3 is 3.18 bits per heavy atom. The molecule has 7 nitrogen and oxygen atoms in total. The summed E-state index contributed by atoms with van der Waals surface area (Å²) in [6, 6.07) is 0.221. The molecular weight excluding hydrogens is 300 g/mol. The smallest absolute Gasteiger partial charge is 0.229 e. The van der Waals surface area contributed by atoms with Gasteiger partial charge in [0.15, 0.2) is 11.0 Å². The van der Waals surface area contributed by atoms with Gasteiger partial charge in [0.05, 0.1) is 25.6 Å². The summed E-state index contributed by atoms with van der Waals surface area (Å²) in [4.78, 5) is 21.1. The highest BCUT2D eigenvalue weighted by Gasteiger charge is 2.32. The minimum atomic E-state index is 0.152. The average molecular weight is 318 g/mol. The van der Waals surface area contributed by atoms with E-state index in [4.69, 9.17) is 0 Å². The maximum Gasteiger partial charge on any atom is 0.229 e. The van der Waals surface area contributed by atoms with Gasteiger partial charge >= 0.3 is 0 Å². The molecule has 4 heterocycles. The number of carbonyl (C=O) groups is 1. The van der Waals surface area contributed by atoms with Crippen LogP contribution in [0.4, 0.5) is 0 Å². The SMILES string of the molecule is Cc1nnc2n1C(C)CN(C(=O)CC1=CSC3=NCCN13)C2. The van der Waals surface area contributed by atoms with Crippen LogP contribution in [0.3, 0.4) is 0 Å². The number of nitrogens with zero attached hydrogens (tertiary/aromatic N) is 6. The molecule has 0 bridgehead atoms.